The summed E-state index contributed by atoms with van der Waals surface area (Å²) >= 11 is 0. The highest BCUT2D eigenvalue weighted by Crippen LogP contribution is 2.33. The molecule has 12 heavy (non-hydrogen) atoms. The molecule has 0 aliphatic heterocycles. The van der Waals surface area contributed by atoms with Gasteiger partial charge in [-0.25, -0.2) is 0 Å². The molecule has 0 aromatic carbocycles. The summed E-state index contributed by atoms with van der Waals surface area (Å²) in [7, 11) is 0. The van der Waals surface area contributed by atoms with Crippen molar-refractivity contribution in [3.63, 3.8) is 0 Å². The Bertz CT molecular complexity index is 145. The Hall–Kier alpha value is -0.520. The van der Waals surface area contributed by atoms with Crippen LogP contribution in [0.1, 0.15) is 40.5 Å². The number of fused-ring (bicyclic) bond motifs is 1. The summed E-state index contributed by atoms with van der Waals surface area (Å²) in [4.78, 5) is 0. The molecule has 70 valence electrons. The summed E-state index contributed by atoms with van der Waals surface area (Å²) in [5.41, 5.74) is 0. The first-order valence-electron chi connectivity index (χ1n) is 4.32. The standard InChI is InChI=1S/C10H14.2CH4/c1-2-6-10-8-4-3-7-9(10)5-1;;/h1-2,5-6,9-10H,3-4,7-8H2;2*1H4. The molecule has 0 heteroatoms. The van der Waals surface area contributed by atoms with Crippen molar-refractivity contribution in [1.29, 1.82) is 0 Å². The van der Waals surface area contributed by atoms with Crippen molar-refractivity contribution >= 4 is 0 Å². The quantitative estimate of drug-likeness (QED) is 0.506. The minimum atomic E-state index is 0. The van der Waals surface area contributed by atoms with Crippen LogP contribution in [0.4, 0.5) is 0 Å². The number of allylic oxidation sites excluding steroid dienone is 4. The highest BCUT2D eigenvalue weighted by molar-refractivity contribution is 5.14. The second-order valence-corrected chi connectivity index (χ2v) is 3.38. The van der Waals surface area contributed by atoms with Gasteiger partial charge in [-0.2, -0.15) is 0 Å². The van der Waals surface area contributed by atoms with Gasteiger partial charge >= 0.3 is 0 Å². The highest BCUT2D eigenvalue weighted by Gasteiger charge is 2.21. The zero-order valence-corrected chi connectivity index (χ0v) is 6.29. The fourth-order valence-corrected chi connectivity index (χ4v) is 2.08. The van der Waals surface area contributed by atoms with E-state index >= 15 is 0 Å². The van der Waals surface area contributed by atoms with Crippen LogP contribution < -0.4 is 0 Å². The van der Waals surface area contributed by atoms with Gasteiger partial charge in [-0.15, -0.1) is 0 Å². The van der Waals surface area contributed by atoms with E-state index in [2.05, 4.69) is 24.3 Å². The first-order chi connectivity index (χ1) is 4.97. The van der Waals surface area contributed by atoms with Crippen molar-refractivity contribution < 1.29 is 0 Å². The third kappa shape index (κ3) is 2.23. The Morgan fingerprint density at radius 3 is 1.58 bits per heavy atom. The van der Waals surface area contributed by atoms with Crippen LogP contribution in [-0.4, -0.2) is 0 Å². The summed E-state index contributed by atoms with van der Waals surface area (Å²) in [5.74, 6) is 1.78. The van der Waals surface area contributed by atoms with Gasteiger partial charge in [0.1, 0.15) is 0 Å². The molecule has 2 unspecified atom stereocenters. The van der Waals surface area contributed by atoms with Gasteiger partial charge in [0, 0.05) is 0 Å². The first kappa shape index (κ1) is 11.5. The molecule has 2 aliphatic rings. The Balaban J connectivity index is 0.000000605. The van der Waals surface area contributed by atoms with E-state index in [1.807, 2.05) is 0 Å². The normalized spacial score (nSPS) is 31.3. The van der Waals surface area contributed by atoms with Crippen molar-refractivity contribution in [3.8, 4) is 0 Å². The predicted molar refractivity (Wildman–Crippen MR) is 57.2 cm³/mol. The summed E-state index contributed by atoms with van der Waals surface area (Å²) < 4.78 is 0. The predicted octanol–water partition coefficient (Wildman–Crippen LogP) is 4.19. The Morgan fingerprint density at radius 2 is 1.17 bits per heavy atom. The van der Waals surface area contributed by atoms with Gasteiger partial charge in [-0.3, -0.25) is 0 Å². The van der Waals surface area contributed by atoms with E-state index in [-0.39, 0.29) is 14.9 Å². The summed E-state index contributed by atoms with van der Waals surface area (Å²) in [5, 5.41) is 0. The van der Waals surface area contributed by atoms with E-state index < -0.39 is 0 Å². The lowest BCUT2D eigenvalue weighted by molar-refractivity contribution is 0.335. The second kappa shape index (κ2) is 5.18. The van der Waals surface area contributed by atoms with E-state index in [9.17, 15) is 0 Å². The van der Waals surface area contributed by atoms with Crippen molar-refractivity contribution in [2.45, 2.75) is 40.5 Å². The van der Waals surface area contributed by atoms with Gasteiger partial charge in [-0.05, 0) is 24.7 Å². The first-order valence-corrected chi connectivity index (χ1v) is 4.32. The minimum absolute atomic E-state index is 0. The second-order valence-electron chi connectivity index (χ2n) is 3.38. The Labute approximate surface area is 77.4 Å². The van der Waals surface area contributed by atoms with Crippen LogP contribution >= 0.6 is 0 Å². The third-order valence-corrected chi connectivity index (χ3v) is 2.70. The van der Waals surface area contributed by atoms with E-state index in [1.54, 1.807) is 0 Å². The van der Waals surface area contributed by atoms with E-state index in [0.717, 1.165) is 11.8 Å². The van der Waals surface area contributed by atoms with Gasteiger partial charge < -0.3 is 0 Å². The lowest BCUT2D eigenvalue weighted by Crippen LogP contribution is -2.16. The molecule has 0 spiro atoms. The SMILES string of the molecule is C.C.C1=CC2CCCCC2C=C1. The van der Waals surface area contributed by atoms with Crippen LogP contribution in [0.25, 0.3) is 0 Å². The van der Waals surface area contributed by atoms with Gasteiger partial charge in [0.2, 0.25) is 0 Å². The molecule has 2 rings (SSSR count). The topological polar surface area (TPSA) is 0 Å². The van der Waals surface area contributed by atoms with Gasteiger partial charge in [0.15, 0.2) is 0 Å². The molecule has 0 saturated heterocycles. The molecule has 0 bridgehead atoms. The molecule has 2 atom stereocenters. The molecular formula is C12H22. The van der Waals surface area contributed by atoms with Crippen LogP contribution in [0.15, 0.2) is 24.3 Å². The molecule has 0 nitrogen and oxygen atoms in total. The molecule has 0 radical (unpaired) electrons. The van der Waals surface area contributed by atoms with E-state index in [0.29, 0.717) is 0 Å². The van der Waals surface area contributed by atoms with Crippen LogP contribution in [0, 0.1) is 11.8 Å². The molecule has 0 N–H and O–H groups in total. The van der Waals surface area contributed by atoms with Crippen molar-refractivity contribution in [2.24, 2.45) is 11.8 Å². The third-order valence-electron chi connectivity index (χ3n) is 2.70. The summed E-state index contributed by atoms with van der Waals surface area (Å²) in [6.45, 7) is 0. The van der Waals surface area contributed by atoms with E-state index in [4.69, 9.17) is 0 Å². The maximum Gasteiger partial charge on any atom is -0.0167 e. The van der Waals surface area contributed by atoms with Crippen LogP contribution in [-0.2, 0) is 0 Å². The average Bonchev–Trinajstić information content (AvgIpc) is 2.05. The fourth-order valence-electron chi connectivity index (χ4n) is 2.08. The smallest absolute Gasteiger partial charge is 0.0167 e. The molecule has 0 aromatic heterocycles. The number of hydrogen-bond acceptors (Lipinski definition) is 0. The molecular weight excluding hydrogens is 144 g/mol. The minimum Gasteiger partial charge on any atom is -0.0808 e. The van der Waals surface area contributed by atoms with Gasteiger partial charge in [-0.1, -0.05) is 52.0 Å². The molecule has 1 saturated carbocycles. The Morgan fingerprint density at radius 1 is 0.750 bits per heavy atom. The molecule has 0 heterocycles. The van der Waals surface area contributed by atoms with Gasteiger partial charge in [0.05, 0.1) is 0 Å². The summed E-state index contributed by atoms with van der Waals surface area (Å²) in [6, 6.07) is 0. The van der Waals surface area contributed by atoms with E-state index in [1.165, 1.54) is 25.7 Å². The molecule has 1 fully saturated rings. The van der Waals surface area contributed by atoms with Crippen molar-refractivity contribution in [1.82, 2.24) is 0 Å². The highest BCUT2D eigenvalue weighted by atomic mass is 14.3. The largest absolute Gasteiger partial charge is 0.0808 e. The average molecular weight is 166 g/mol. The maximum absolute atomic E-state index is 2.38. The fraction of sp³-hybridized carbons (Fsp3) is 0.667. The van der Waals surface area contributed by atoms with Gasteiger partial charge in [0.25, 0.3) is 0 Å². The number of hydrogen-bond donors (Lipinski definition) is 0. The molecule has 0 aromatic rings. The molecule has 0 amide bonds. The monoisotopic (exact) mass is 166 g/mol. The van der Waals surface area contributed by atoms with Crippen molar-refractivity contribution in [3.05, 3.63) is 24.3 Å². The zero-order chi connectivity index (χ0) is 6.81. The number of rotatable bonds is 0. The maximum atomic E-state index is 2.38. The molecule has 2 aliphatic carbocycles. The van der Waals surface area contributed by atoms with Crippen LogP contribution in [0.2, 0.25) is 0 Å². The van der Waals surface area contributed by atoms with Crippen LogP contribution in [0.5, 0.6) is 0 Å². The lowest BCUT2D eigenvalue weighted by atomic mass is 9.77. The lowest BCUT2D eigenvalue weighted by Gasteiger charge is -2.28. The van der Waals surface area contributed by atoms with Crippen molar-refractivity contribution in [2.75, 3.05) is 0 Å². The Kier molecular flexibility index (Phi) is 4.96. The van der Waals surface area contributed by atoms with Crippen LogP contribution in [0.3, 0.4) is 0 Å². The summed E-state index contributed by atoms with van der Waals surface area (Å²) in [6.07, 6.45) is 14.9. The zero-order valence-electron chi connectivity index (χ0n) is 6.29.